The number of nitrogens with one attached hydrogen (secondary N) is 2. The van der Waals surface area contributed by atoms with Gasteiger partial charge < -0.3 is 5.32 Å². The molecule has 6 heteroatoms. The topological polar surface area (TPSA) is 58.2 Å². The number of hydrogen-bond donors (Lipinski definition) is 2. The molecule has 0 fully saturated rings. The maximum atomic E-state index is 12.3. The summed E-state index contributed by atoms with van der Waals surface area (Å²) >= 11 is 3.32. The van der Waals surface area contributed by atoms with Crippen LogP contribution in [0.1, 0.15) is 32.8 Å². The van der Waals surface area contributed by atoms with E-state index in [4.69, 9.17) is 0 Å². The van der Waals surface area contributed by atoms with Crippen molar-refractivity contribution in [3.8, 4) is 0 Å². The fourth-order valence-electron chi connectivity index (χ4n) is 1.63. The lowest BCUT2D eigenvalue weighted by molar-refractivity contribution is 0.559. The van der Waals surface area contributed by atoms with Gasteiger partial charge in [-0.3, -0.25) is 0 Å². The molecule has 0 heterocycles. The Morgan fingerprint density at radius 3 is 2.60 bits per heavy atom. The van der Waals surface area contributed by atoms with Crippen LogP contribution < -0.4 is 10.0 Å². The third kappa shape index (κ3) is 5.52. The average molecular weight is 363 g/mol. The molecule has 0 atom stereocenters. The molecule has 1 aromatic carbocycles. The molecule has 2 N–H and O–H groups in total. The zero-order valence-electron chi connectivity index (χ0n) is 12.2. The molecule has 0 saturated carbocycles. The Morgan fingerprint density at radius 1 is 1.30 bits per heavy atom. The van der Waals surface area contributed by atoms with Crippen molar-refractivity contribution < 1.29 is 8.42 Å². The van der Waals surface area contributed by atoms with Gasteiger partial charge in [-0.2, -0.15) is 0 Å². The first kappa shape index (κ1) is 17.6. The highest BCUT2D eigenvalue weighted by Gasteiger charge is 2.18. The molecule has 0 aliphatic heterocycles. The van der Waals surface area contributed by atoms with Gasteiger partial charge in [0.15, 0.2) is 0 Å². The molecule has 0 bridgehead atoms. The molecule has 20 heavy (non-hydrogen) atoms. The largest absolute Gasteiger partial charge is 0.313 e. The quantitative estimate of drug-likeness (QED) is 0.699. The highest BCUT2D eigenvalue weighted by molar-refractivity contribution is 9.10. The summed E-state index contributed by atoms with van der Waals surface area (Å²) in [6.45, 7) is 8.08. The molecule has 0 saturated heterocycles. The van der Waals surface area contributed by atoms with Crippen LogP contribution in [-0.4, -0.2) is 21.5 Å². The Morgan fingerprint density at radius 2 is 2.00 bits per heavy atom. The second kappa shape index (κ2) is 8.12. The van der Waals surface area contributed by atoms with Gasteiger partial charge in [-0.05, 0) is 52.5 Å². The van der Waals surface area contributed by atoms with E-state index in [1.807, 2.05) is 19.9 Å². The Bertz CT molecular complexity index is 530. The number of rotatable bonds is 8. The lowest BCUT2D eigenvalue weighted by atomic mass is 10.2. The Hall–Kier alpha value is -0.430. The van der Waals surface area contributed by atoms with E-state index in [9.17, 15) is 8.42 Å². The van der Waals surface area contributed by atoms with Crippen molar-refractivity contribution in [1.29, 1.82) is 0 Å². The second-order valence-corrected chi connectivity index (χ2v) is 7.78. The molecule has 0 aliphatic rings. The van der Waals surface area contributed by atoms with Gasteiger partial charge in [0.1, 0.15) is 0 Å². The summed E-state index contributed by atoms with van der Waals surface area (Å²) in [4.78, 5) is 0.300. The van der Waals surface area contributed by atoms with Crippen LogP contribution in [-0.2, 0) is 16.6 Å². The fourth-order valence-corrected chi connectivity index (χ4v) is 3.85. The minimum Gasteiger partial charge on any atom is -0.313 e. The van der Waals surface area contributed by atoms with Gasteiger partial charge >= 0.3 is 0 Å². The number of benzene rings is 1. The van der Waals surface area contributed by atoms with E-state index in [2.05, 4.69) is 32.9 Å². The lowest BCUT2D eigenvalue weighted by Gasteiger charge is -2.12. The van der Waals surface area contributed by atoms with Crippen LogP contribution in [0.4, 0.5) is 0 Å². The second-order valence-electron chi connectivity index (χ2n) is 5.19. The van der Waals surface area contributed by atoms with E-state index in [-0.39, 0.29) is 5.92 Å². The number of halogens is 1. The molecular formula is C14H23BrN2O2S. The molecule has 0 aromatic heterocycles. The SMILES string of the molecule is CCCNCc1ccc(Br)c(S(=O)(=O)NCC(C)C)c1. The van der Waals surface area contributed by atoms with Crippen molar-refractivity contribution in [2.24, 2.45) is 5.92 Å². The van der Waals surface area contributed by atoms with Gasteiger partial charge in [0.2, 0.25) is 10.0 Å². The maximum Gasteiger partial charge on any atom is 0.241 e. The van der Waals surface area contributed by atoms with E-state index in [1.54, 1.807) is 12.1 Å². The van der Waals surface area contributed by atoms with Gasteiger partial charge in [0.05, 0.1) is 4.90 Å². The zero-order valence-corrected chi connectivity index (χ0v) is 14.6. The maximum absolute atomic E-state index is 12.3. The predicted molar refractivity (Wildman–Crippen MR) is 86.2 cm³/mol. The monoisotopic (exact) mass is 362 g/mol. The van der Waals surface area contributed by atoms with Crippen molar-refractivity contribution in [2.45, 2.75) is 38.6 Å². The number of sulfonamides is 1. The normalized spacial score (nSPS) is 12.1. The van der Waals surface area contributed by atoms with E-state index < -0.39 is 10.0 Å². The van der Waals surface area contributed by atoms with Crippen molar-refractivity contribution in [3.63, 3.8) is 0 Å². The first-order chi connectivity index (χ1) is 9.36. The average Bonchev–Trinajstić information content (AvgIpc) is 2.38. The van der Waals surface area contributed by atoms with Gasteiger partial charge in [0.25, 0.3) is 0 Å². The molecule has 0 radical (unpaired) electrons. The fraction of sp³-hybridized carbons (Fsp3) is 0.571. The summed E-state index contributed by atoms with van der Waals surface area (Å²) in [5.41, 5.74) is 0.964. The van der Waals surface area contributed by atoms with E-state index >= 15 is 0 Å². The van der Waals surface area contributed by atoms with Crippen molar-refractivity contribution in [3.05, 3.63) is 28.2 Å². The Labute approximate surface area is 130 Å². The Balaban J connectivity index is 2.89. The van der Waals surface area contributed by atoms with Crippen molar-refractivity contribution in [2.75, 3.05) is 13.1 Å². The van der Waals surface area contributed by atoms with Crippen molar-refractivity contribution in [1.82, 2.24) is 10.0 Å². The molecular weight excluding hydrogens is 340 g/mol. The zero-order chi connectivity index (χ0) is 15.2. The Kier molecular flexibility index (Phi) is 7.15. The molecule has 114 valence electrons. The first-order valence-corrected chi connectivity index (χ1v) is 9.13. The third-order valence-electron chi connectivity index (χ3n) is 2.72. The molecule has 4 nitrogen and oxygen atoms in total. The van der Waals surface area contributed by atoms with Crippen LogP contribution in [0.2, 0.25) is 0 Å². The van der Waals surface area contributed by atoms with Crippen molar-refractivity contribution >= 4 is 26.0 Å². The number of hydrogen-bond acceptors (Lipinski definition) is 3. The van der Waals surface area contributed by atoms with Crippen LogP contribution in [0.5, 0.6) is 0 Å². The molecule has 0 amide bonds. The molecule has 0 aliphatic carbocycles. The standard InChI is InChI=1S/C14H23BrN2O2S/c1-4-7-16-10-12-5-6-13(15)14(8-12)20(18,19)17-9-11(2)3/h5-6,8,11,16-17H,4,7,9-10H2,1-3H3. The minimum absolute atomic E-state index is 0.276. The summed E-state index contributed by atoms with van der Waals surface area (Å²) in [5.74, 6) is 0.276. The lowest BCUT2D eigenvalue weighted by Crippen LogP contribution is -2.28. The molecule has 1 aromatic rings. The van der Waals surface area contributed by atoms with E-state index in [1.165, 1.54) is 0 Å². The third-order valence-corrected chi connectivity index (χ3v) is 5.14. The summed E-state index contributed by atoms with van der Waals surface area (Å²) in [5, 5.41) is 3.27. The van der Waals surface area contributed by atoms with Gasteiger partial charge in [-0.25, -0.2) is 13.1 Å². The predicted octanol–water partition coefficient (Wildman–Crippen LogP) is 2.88. The van der Waals surface area contributed by atoms with Crippen LogP contribution in [0.3, 0.4) is 0 Å². The summed E-state index contributed by atoms with van der Waals surface area (Å²) < 4.78 is 27.8. The minimum atomic E-state index is -3.46. The van der Waals surface area contributed by atoms with Crippen LogP contribution >= 0.6 is 15.9 Å². The van der Waals surface area contributed by atoms with Crippen LogP contribution in [0.15, 0.2) is 27.6 Å². The summed E-state index contributed by atoms with van der Waals surface area (Å²) in [7, 11) is -3.46. The molecule has 0 spiro atoms. The summed E-state index contributed by atoms with van der Waals surface area (Å²) in [6, 6.07) is 5.43. The summed E-state index contributed by atoms with van der Waals surface area (Å²) in [6.07, 6.45) is 1.05. The van der Waals surface area contributed by atoms with Crippen LogP contribution in [0, 0.1) is 5.92 Å². The highest BCUT2D eigenvalue weighted by Crippen LogP contribution is 2.23. The molecule has 1 rings (SSSR count). The van der Waals surface area contributed by atoms with Gasteiger partial charge in [-0.15, -0.1) is 0 Å². The first-order valence-electron chi connectivity index (χ1n) is 6.85. The molecule has 0 unspecified atom stereocenters. The smallest absolute Gasteiger partial charge is 0.241 e. The van der Waals surface area contributed by atoms with E-state index in [0.29, 0.717) is 22.5 Å². The van der Waals surface area contributed by atoms with Gasteiger partial charge in [-0.1, -0.05) is 26.8 Å². The van der Waals surface area contributed by atoms with E-state index in [0.717, 1.165) is 18.5 Å². The van der Waals surface area contributed by atoms with Gasteiger partial charge in [0, 0.05) is 17.6 Å². The highest BCUT2D eigenvalue weighted by atomic mass is 79.9. The van der Waals surface area contributed by atoms with Crippen LogP contribution in [0.25, 0.3) is 0 Å².